The lowest BCUT2D eigenvalue weighted by atomic mass is 10.1. The van der Waals surface area contributed by atoms with E-state index in [9.17, 15) is 5.11 Å². The lowest BCUT2D eigenvalue weighted by Gasteiger charge is -2.10. The lowest BCUT2D eigenvalue weighted by molar-refractivity contribution is 0.175. The first-order valence-electron chi connectivity index (χ1n) is 5.97. The lowest BCUT2D eigenvalue weighted by Crippen LogP contribution is -1.98. The van der Waals surface area contributed by atoms with Crippen LogP contribution in [0.4, 0.5) is 0 Å². The van der Waals surface area contributed by atoms with E-state index >= 15 is 0 Å². The maximum absolute atomic E-state index is 10.1. The van der Waals surface area contributed by atoms with Gasteiger partial charge >= 0.3 is 0 Å². The van der Waals surface area contributed by atoms with E-state index in [0.717, 1.165) is 22.2 Å². The number of benzene rings is 2. The first-order chi connectivity index (χ1) is 9.15. The maximum atomic E-state index is 10.1. The highest BCUT2D eigenvalue weighted by Gasteiger charge is 2.07. The minimum atomic E-state index is -0.430. The Morgan fingerprint density at radius 2 is 1.68 bits per heavy atom. The molecule has 0 aliphatic carbocycles. The molecule has 2 aromatic rings. The zero-order valence-corrected chi connectivity index (χ0v) is 13.4. The van der Waals surface area contributed by atoms with Gasteiger partial charge in [-0.25, -0.2) is 0 Å². The number of aliphatic hydroxyl groups is 1. The summed E-state index contributed by atoms with van der Waals surface area (Å²) in [4.78, 5) is 1.21. The van der Waals surface area contributed by atoms with Crippen molar-refractivity contribution >= 4 is 39.3 Å². The summed E-state index contributed by atoms with van der Waals surface area (Å²) in [5.74, 6) is 0.880. The molecule has 0 aromatic heterocycles. The molecule has 2 rings (SSSR count). The Labute approximate surface area is 131 Å². The van der Waals surface area contributed by atoms with Crippen LogP contribution < -0.4 is 0 Å². The summed E-state index contributed by atoms with van der Waals surface area (Å²) >= 11 is 11.0. The Bertz CT molecular complexity index is 513. The minimum absolute atomic E-state index is 0.430. The second-order valence-corrected chi connectivity index (χ2v) is 6.68. The second-order valence-electron chi connectivity index (χ2n) is 4.16. The van der Waals surface area contributed by atoms with E-state index in [1.807, 2.05) is 36.4 Å². The molecule has 0 heterocycles. The highest BCUT2D eigenvalue weighted by molar-refractivity contribution is 9.10. The molecule has 0 radical (unpaired) electrons. The van der Waals surface area contributed by atoms with E-state index in [0.29, 0.717) is 5.02 Å². The monoisotopic (exact) mass is 356 g/mol. The van der Waals surface area contributed by atoms with Crippen LogP contribution in [-0.2, 0) is 0 Å². The van der Waals surface area contributed by atoms with Gasteiger partial charge in [-0.3, -0.25) is 0 Å². The van der Waals surface area contributed by atoms with Crippen molar-refractivity contribution in [2.24, 2.45) is 0 Å². The fraction of sp³-hybridized carbons (Fsp3) is 0.200. The van der Waals surface area contributed by atoms with Gasteiger partial charge in [0.15, 0.2) is 0 Å². The SMILES string of the molecule is O[C@@H](CCSc1ccc(Br)cc1)c1ccc(Cl)cc1. The molecule has 100 valence electrons. The summed E-state index contributed by atoms with van der Waals surface area (Å²) in [6.07, 6.45) is 0.294. The van der Waals surface area contributed by atoms with Gasteiger partial charge in [-0.1, -0.05) is 39.7 Å². The number of halogens is 2. The maximum Gasteiger partial charge on any atom is 0.0798 e. The van der Waals surface area contributed by atoms with Crippen LogP contribution in [0.3, 0.4) is 0 Å². The topological polar surface area (TPSA) is 20.2 Å². The first-order valence-corrected chi connectivity index (χ1v) is 8.13. The van der Waals surface area contributed by atoms with E-state index in [-0.39, 0.29) is 0 Å². The number of rotatable bonds is 5. The molecule has 0 unspecified atom stereocenters. The van der Waals surface area contributed by atoms with E-state index in [1.165, 1.54) is 4.90 Å². The molecule has 1 nitrogen and oxygen atoms in total. The number of aliphatic hydroxyl groups excluding tert-OH is 1. The van der Waals surface area contributed by atoms with Crippen LogP contribution in [0, 0.1) is 0 Å². The van der Waals surface area contributed by atoms with Crippen molar-refractivity contribution in [1.82, 2.24) is 0 Å². The fourth-order valence-electron chi connectivity index (χ4n) is 1.67. The van der Waals surface area contributed by atoms with Gasteiger partial charge in [-0.05, 0) is 48.4 Å². The van der Waals surface area contributed by atoms with Gasteiger partial charge in [0.25, 0.3) is 0 Å². The summed E-state index contributed by atoms with van der Waals surface area (Å²) in [5, 5.41) is 10.8. The van der Waals surface area contributed by atoms with Crippen LogP contribution in [0.2, 0.25) is 5.02 Å². The highest BCUT2D eigenvalue weighted by atomic mass is 79.9. The van der Waals surface area contributed by atoms with Crippen LogP contribution in [0.15, 0.2) is 57.9 Å². The summed E-state index contributed by atoms with van der Waals surface area (Å²) in [7, 11) is 0. The predicted octanol–water partition coefficient (Wildman–Crippen LogP) is 5.32. The van der Waals surface area contributed by atoms with Gasteiger partial charge in [0.1, 0.15) is 0 Å². The zero-order chi connectivity index (χ0) is 13.7. The summed E-state index contributed by atoms with van der Waals surface area (Å²) in [6.45, 7) is 0. The summed E-state index contributed by atoms with van der Waals surface area (Å²) < 4.78 is 1.08. The molecule has 0 bridgehead atoms. The van der Waals surface area contributed by atoms with Crippen molar-refractivity contribution in [2.75, 3.05) is 5.75 Å². The van der Waals surface area contributed by atoms with E-state index < -0.39 is 6.10 Å². The molecule has 1 N–H and O–H groups in total. The molecule has 2 aromatic carbocycles. The van der Waals surface area contributed by atoms with E-state index in [1.54, 1.807) is 11.8 Å². The molecule has 19 heavy (non-hydrogen) atoms. The summed E-state index contributed by atoms with van der Waals surface area (Å²) in [5.41, 5.74) is 0.917. The highest BCUT2D eigenvalue weighted by Crippen LogP contribution is 2.25. The number of hydrogen-bond acceptors (Lipinski definition) is 2. The molecule has 0 fully saturated rings. The van der Waals surface area contributed by atoms with Crippen LogP contribution in [0.25, 0.3) is 0 Å². The summed E-state index contributed by atoms with van der Waals surface area (Å²) in [6, 6.07) is 15.6. The largest absolute Gasteiger partial charge is 0.388 e. The molecule has 0 saturated heterocycles. The molecule has 4 heteroatoms. The number of hydrogen-bond donors (Lipinski definition) is 1. The van der Waals surface area contributed by atoms with Crippen LogP contribution in [0.5, 0.6) is 0 Å². The average Bonchev–Trinajstić information content (AvgIpc) is 2.41. The standard InChI is InChI=1S/C15H14BrClOS/c16-12-3-7-14(8-4-12)19-10-9-15(18)11-1-5-13(17)6-2-11/h1-8,15,18H,9-10H2/t15-/m0/s1. The van der Waals surface area contributed by atoms with Crippen LogP contribution in [0.1, 0.15) is 18.1 Å². The fourth-order valence-corrected chi connectivity index (χ4v) is 2.97. The normalized spacial score (nSPS) is 12.4. The Morgan fingerprint density at radius 1 is 1.05 bits per heavy atom. The molecule has 1 atom stereocenters. The third-order valence-corrected chi connectivity index (χ3v) is 4.55. The smallest absolute Gasteiger partial charge is 0.0798 e. The van der Waals surface area contributed by atoms with E-state index in [4.69, 9.17) is 11.6 Å². The Hall–Kier alpha value is -0.480. The van der Waals surface area contributed by atoms with Crippen molar-refractivity contribution in [3.63, 3.8) is 0 Å². The van der Waals surface area contributed by atoms with Gasteiger partial charge in [0.2, 0.25) is 0 Å². The molecule has 0 spiro atoms. The van der Waals surface area contributed by atoms with E-state index in [2.05, 4.69) is 28.1 Å². The third kappa shape index (κ3) is 4.84. The minimum Gasteiger partial charge on any atom is -0.388 e. The second kappa shape index (κ2) is 7.34. The van der Waals surface area contributed by atoms with Crippen molar-refractivity contribution < 1.29 is 5.11 Å². The van der Waals surface area contributed by atoms with Crippen molar-refractivity contribution in [3.8, 4) is 0 Å². The predicted molar refractivity (Wildman–Crippen MR) is 85.9 cm³/mol. The third-order valence-electron chi connectivity index (χ3n) is 2.73. The van der Waals surface area contributed by atoms with Crippen LogP contribution in [-0.4, -0.2) is 10.9 Å². The van der Waals surface area contributed by atoms with Gasteiger partial charge in [-0.15, -0.1) is 11.8 Å². The molecular formula is C15H14BrClOS. The molecule has 0 amide bonds. The molecule has 0 aliphatic heterocycles. The molecule has 0 saturated carbocycles. The van der Waals surface area contributed by atoms with Crippen LogP contribution >= 0.6 is 39.3 Å². The Morgan fingerprint density at radius 3 is 2.32 bits per heavy atom. The van der Waals surface area contributed by atoms with Gasteiger partial charge < -0.3 is 5.11 Å². The molecular weight excluding hydrogens is 344 g/mol. The van der Waals surface area contributed by atoms with Crippen molar-refractivity contribution in [1.29, 1.82) is 0 Å². The first kappa shape index (κ1) is 14.9. The Kier molecular flexibility index (Phi) is 5.76. The van der Waals surface area contributed by atoms with Gasteiger partial charge in [-0.2, -0.15) is 0 Å². The quantitative estimate of drug-likeness (QED) is 0.731. The Balaban J connectivity index is 1.82. The molecule has 0 aliphatic rings. The average molecular weight is 358 g/mol. The van der Waals surface area contributed by atoms with Crippen molar-refractivity contribution in [2.45, 2.75) is 17.4 Å². The number of thioether (sulfide) groups is 1. The zero-order valence-electron chi connectivity index (χ0n) is 10.2. The van der Waals surface area contributed by atoms with Gasteiger partial charge in [0.05, 0.1) is 6.10 Å². The van der Waals surface area contributed by atoms with Gasteiger partial charge in [0, 0.05) is 20.1 Å². The van der Waals surface area contributed by atoms with Crippen molar-refractivity contribution in [3.05, 3.63) is 63.6 Å².